The Kier molecular flexibility index (Phi) is 6.43. The van der Waals surface area contributed by atoms with Crippen molar-refractivity contribution in [3.8, 4) is 0 Å². The number of nitrogens with zero attached hydrogens (tertiary/aromatic N) is 2. The smallest absolute Gasteiger partial charge is 0.234 e. The summed E-state index contributed by atoms with van der Waals surface area (Å²) in [4.78, 5) is 12.0. The summed E-state index contributed by atoms with van der Waals surface area (Å²) in [5, 5.41) is 13.4. The molecule has 1 N–H and O–H groups in total. The van der Waals surface area contributed by atoms with Crippen molar-refractivity contribution in [1.82, 2.24) is 10.2 Å². The fourth-order valence-electron chi connectivity index (χ4n) is 2.75. The van der Waals surface area contributed by atoms with E-state index in [1.54, 1.807) is 23.9 Å². The molecule has 1 aromatic heterocycles. The normalized spacial score (nSPS) is 10.9. The first kappa shape index (κ1) is 19.9. The number of benzene rings is 3. The number of fused-ring (bicyclic) bond motifs is 1. The van der Waals surface area contributed by atoms with E-state index in [1.165, 1.54) is 51.6 Å². The van der Waals surface area contributed by atoms with Crippen LogP contribution in [0, 0.1) is 5.82 Å². The third-order valence-corrected chi connectivity index (χ3v) is 7.33. The number of aromatic nitrogens is 2. The van der Waals surface area contributed by atoms with E-state index in [1.807, 2.05) is 12.1 Å². The van der Waals surface area contributed by atoms with E-state index in [0.29, 0.717) is 4.34 Å². The van der Waals surface area contributed by atoms with Crippen LogP contribution in [0.4, 0.5) is 10.1 Å². The fraction of sp³-hybridized carbons (Fsp3) is 0.0952. The van der Waals surface area contributed by atoms with E-state index in [-0.39, 0.29) is 17.3 Å². The van der Waals surface area contributed by atoms with Crippen molar-refractivity contribution in [3.05, 3.63) is 78.1 Å². The third-order valence-electron chi connectivity index (χ3n) is 4.09. The Morgan fingerprint density at radius 1 is 0.931 bits per heavy atom. The van der Waals surface area contributed by atoms with Gasteiger partial charge in [-0.25, -0.2) is 4.39 Å². The van der Waals surface area contributed by atoms with Crippen LogP contribution >= 0.6 is 34.9 Å². The van der Waals surface area contributed by atoms with Crippen molar-refractivity contribution in [3.63, 3.8) is 0 Å². The Balaban J connectivity index is 1.31. The Morgan fingerprint density at radius 3 is 2.52 bits per heavy atom. The monoisotopic (exact) mass is 441 g/mol. The predicted octanol–water partition coefficient (Wildman–Crippen LogP) is 5.85. The summed E-state index contributed by atoms with van der Waals surface area (Å²) in [5.41, 5.74) is 1.43. The van der Waals surface area contributed by atoms with Crippen LogP contribution in [-0.4, -0.2) is 21.9 Å². The molecule has 0 spiro atoms. The van der Waals surface area contributed by atoms with Crippen LogP contribution in [0.25, 0.3) is 10.8 Å². The van der Waals surface area contributed by atoms with Gasteiger partial charge in [0.05, 0.1) is 11.4 Å². The van der Waals surface area contributed by atoms with Crippen molar-refractivity contribution in [2.75, 3.05) is 11.1 Å². The molecule has 1 heterocycles. The van der Waals surface area contributed by atoms with Crippen molar-refractivity contribution in [1.29, 1.82) is 0 Å². The van der Waals surface area contributed by atoms with Crippen LogP contribution < -0.4 is 5.32 Å². The van der Waals surface area contributed by atoms with Gasteiger partial charge in [-0.3, -0.25) is 4.79 Å². The highest BCUT2D eigenvalue weighted by atomic mass is 32.2. The molecule has 8 heteroatoms. The molecule has 146 valence electrons. The highest BCUT2D eigenvalue weighted by molar-refractivity contribution is 8.03. The van der Waals surface area contributed by atoms with E-state index in [9.17, 15) is 9.18 Å². The van der Waals surface area contributed by atoms with Gasteiger partial charge in [0, 0.05) is 5.75 Å². The number of amides is 1. The minimum atomic E-state index is -0.450. The topological polar surface area (TPSA) is 54.9 Å². The molecule has 0 aliphatic heterocycles. The van der Waals surface area contributed by atoms with Crippen LogP contribution in [0.2, 0.25) is 0 Å². The second-order valence-corrected chi connectivity index (χ2v) is 9.50. The zero-order valence-corrected chi connectivity index (χ0v) is 17.6. The Bertz CT molecular complexity index is 1140. The second kappa shape index (κ2) is 9.39. The molecule has 4 nitrogen and oxygen atoms in total. The SMILES string of the molecule is O=C(CSc1nnc(SCc2cccc3ccccc23)s1)Nc1ccccc1F. The quantitative estimate of drug-likeness (QED) is 0.364. The zero-order valence-electron chi connectivity index (χ0n) is 15.2. The van der Waals surface area contributed by atoms with Gasteiger partial charge in [0.2, 0.25) is 5.91 Å². The zero-order chi connectivity index (χ0) is 20.1. The minimum Gasteiger partial charge on any atom is -0.323 e. The van der Waals surface area contributed by atoms with Gasteiger partial charge in [0.25, 0.3) is 0 Å². The summed E-state index contributed by atoms with van der Waals surface area (Å²) in [7, 11) is 0. The van der Waals surface area contributed by atoms with Gasteiger partial charge in [0.1, 0.15) is 5.82 Å². The van der Waals surface area contributed by atoms with Gasteiger partial charge >= 0.3 is 0 Å². The molecule has 1 amide bonds. The molecule has 0 aliphatic rings. The molecular formula is C21H16FN3OS3. The van der Waals surface area contributed by atoms with E-state index >= 15 is 0 Å². The van der Waals surface area contributed by atoms with E-state index in [2.05, 4.69) is 45.8 Å². The van der Waals surface area contributed by atoms with E-state index < -0.39 is 5.82 Å². The molecule has 0 unspecified atom stereocenters. The Hall–Kier alpha value is -2.42. The van der Waals surface area contributed by atoms with Crippen molar-refractivity contribution >= 4 is 57.2 Å². The number of para-hydroxylation sites is 1. The third kappa shape index (κ3) is 5.14. The number of anilines is 1. The fourth-order valence-corrected chi connectivity index (χ4v) is 5.57. The standard InChI is InChI=1S/C21H16FN3OS3/c22-17-10-3-4-11-18(17)23-19(26)13-28-21-25-24-20(29-21)27-12-15-8-5-7-14-6-1-2-9-16(14)15/h1-11H,12-13H2,(H,23,26). The summed E-state index contributed by atoms with van der Waals surface area (Å²) in [6.07, 6.45) is 0. The van der Waals surface area contributed by atoms with Crippen LogP contribution in [0.3, 0.4) is 0 Å². The lowest BCUT2D eigenvalue weighted by atomic mass is 10.1. The van der Waals surface area contributed by atoms with Gasteiger partial charge in [-0.2, -0.15) is 0 Å². The van der Waals surface area contributed by atoms with Gasteiger partial charge in [-0.15, -0.1) is 10.2 Å². The average molecular weight is 442 g/mol. The van der Waals surface area contributed by atoms with Gasteiger partial charge in [0.15, 0.2) is 8.68 Å². The molecule has 0 radical (unpaired) electrons. The highest BCUT2D eigenvalue weighted by Crippen LogP contribution is 2.32. The average Bonchev–Trinajstić information content (AvgIpc) is 3.20. The number of carbonyl (C=O) groups is 1. The molecule has 0 aliphatic carbocycles. The van der Waals surface area contributed by atoms with Gasteiger partial charge in [-0.05, 0) is 28.5 Å². The summed E-state index contributed by atoms with van der Waals surface area (Å²) >= 11 is 4.38. The number of thioether (sulfide) groups is 2. The number of carbonyl (C=O) groups excluding carboxylic acids is 1. The summed E-state index contributed by atoms with van der Waals surface area (Å²) in [6.45, 7) is 0. The maximum Gasteiger partial charge on any atom is 0.234 e. The lowest BCUT2D eigenvalue weighted by Crippen LogP contribution is -2.14. The minimum absolute atomic E-state index is 0.150. The summed E-state index contributed by atoms with van der Waals surface area (Å²) in [5.74, 6) is 0.222. The Labute approximate surface area is 179 Å². The number of hydrogen-bond donors (Lipinski definition) is 1. The molecule has 0 saturated carbocycles. The van der Waals surface area contributed by atoms with Crippen molar-refractivity contribution in [2.24, 2.45) is 0 Å². The highest BCUT2D eigenvalue weighted by Gasteiger charge is 2.11. The number of hydrogen-bond acceptors (Lipinski definition) is 6. The Morgan fingerprint density at radius 2 is 1.66 bits per heavy atom. The molecule has 0 fully saturated rings. The molecule has 4 rings (SSSR count). The van der Waals surface area contributed by atoms with E-state index in [0.717, 1.165) is 10.1 Å². The predicted molar refractivity (Wildman–Crippen MR) is 119 cm³/mol. The van der Waals surface area contributed by atoms with Gasteiger partial charge < -0.3 is 5.32 Å². The molecule has 0 atom stereocenters. The lowest BCUT2D eigenvalue weighted by Gasteiger charge is -2.05. The van der Waals surface area contributed by atoms with Crippen molar-refractivity contribution < 1.29 is 9.18 Å². The van der Waals surface area contributed by atoms with Crippen LogP contribution in [0.5, 0.6) is 0 Å². The first-order valence-electron chi connectivity index (χ1n) is 8.79. The number of rotatable bonds is 7. The second-order valence-electron chi connectivity index (χ2n) is 6.08. The molecule has 0 bridgehead atoms. The lowest BCUT2D eigenvalue weighted by molar-refractivity contribution is -0.113. The maximum atomic E-state index is 13.6. The first-order chi connectivity index (χ1) is 14.2. The summed E-state index contributed by atoms with van der Waals surface area (Å²) in [6, 6.07) is 20.7. The number of halogens is 1. The molecule has 3 aromatic carbocycles. The molecule has 4 aromatic rings. The van der Waals surface area contributed by atoms with Crippen LogP contribution in [0.15, 0.2) is 75.4 Å². The summed E-state index contributed by atoms with van der Waals surface area (Å²) < 4.78 is 15.2. The molecule has 29 heavy (non-hydrogen) atoms. The maximum absolute atomic E-state index is 13.6. The number of nitrogens with one attached hydrogen (secondary N) is 1. The molecule has 0 saturated heterocycles. The van der Waals surface area contributed by atoms with E-state index in [4.69, 9.17) is 0 Å². The largest absolute Gasteiger partial charge is 0.323 e. The molecular weight excluding hydrogens is 425 g/mol. The first-order valence-corrected chi connectivity index (χ1v) is 11.6. The van der Waals surface area contributed by atoms with Crippen LogP contribution in [0.1, 0.15) is 5.56 Å². The van der Waals surface area contributed by atoms with Crippen LogP contribution in [-0.2, 0) is 10.5 Å². The van der Waals surface area contributed by atoms with Gasteiger partial charge in [-0.1, -0.05) is 89.5 Å². The van der Waals surface area contributed by atoms with Crippen molar-refractivity contribution in [2.45, 2.75) is 14.4 Å².